The minimum atomic E-state index is -4.69. The molecule has 4 heteroatoms. The normalized spacial score (nSPS) is 18.7. The molecule has 0 heterocycles. The summed E-state index contributed by atoms with van der Waals surface area (Å²) < 4.78 is 0.196. The molecular weight excluding hydrogens is 695 g/mol. The van der Waals surface area contributed by atoms with Crippen LogP contribution in [0.1, 0.15) is 95.5 Å². The molecule has 4 aromatic carbocycles. The Hall–Kier alpha value is -1.96. The van der Waals surface area contributed by atoms with Crippen molar-refractivity contribution < 1.29 is 15.6 Å². The average molecular weight is 744 g/mol. The van der Waals surface area contributed by atoms with E-state index in [1.807, 2.05) is 0 Å². The summed E-state index contributed by atoms with van der Waals surface area (Å²) in [5.41, 5.74) is 14.7. The first-order valence-electron chi connectivity index (χ1n) is 17.0. The van der Waals surface area contributed by atoms with E-state index in [0.29, 0.717) is 0 Å². The number of hydrogen-bond donors (Lipinski definition) is 0. The van der Waals surface area contributed by atoms with E-state index >= 15 is 0 Å². The topological polar surface area (TPSA) is 0 Å². The second-order valence-electron chi connectivity index (χ2n) is 16.0. The Morgan fingerprint density at radius 2 is 1.13 bits per heavy atom. The monoisotopic (exact) mass is 741 g/mol. The van der Waals surface area contributed by atoms with Gasteiger partial charge in [-0.2, -0.15) is 0 Å². The summed E-state index contributed by atoms with van der Waals surface area (Å²) in [5, 5.41) is 0. The molecule has 0 saturated carbocycles. The van der Waals surface area contributed by atoms with Crippen LogP contribution in [0.15, 0.2) is 96.6 Å². The van der Waals surface area contributed by atoms with Crippen molar-refractivity contribution in [1.29, 1.82) is 0 Å². The Morgan fingerprint density at radius 1 is 0.652 bits per heavy atom. The van der Waals surface area contributed by atoms with Crippen LogP contribution in [0.3, 0.4) is 0 Å². The van der Waals surface area contributed by atoms with Crippen LogP contribution in [-0.4, -0.2) is 5.92 Å². The van der Waals surface area contributed by atoms with E-state index < -0.39 is 21.5 Å². The van der Waals surface area contributed by atoms with Crippen molar-refractivity contribution in [2.45, 2.75) is 86.1 Å². The molecule has 0 saturated heterocycles. The van der Waals surface area contributed by atoms with Crippen LogP contribution >= 0.6 is 17.0 Å². The fourth-order valence-electron chi connectivity index (χ4n) is 7.91. The molecular formula is C42H49Cl2SiZr. The Labute approximate surface area is 286 Å². The number of fused-ring (bicyclic) bond motifs is 2. The third-order valence-electron chi connectivity index (χ3n) is 10.9. The van der Waals surface area contributed by atoms with Gasteiger partial charge in [0, 0.05) is 0 Å². The molecule has 0 fully saturated rings. The molecule has 0 bridgehead atoms. The molecule has 2 aliphatic rings. The second-order valence-corrected chi connectivity index (χ2v) is 58.6. The van der Waals surface area contributed by atoms with Gasteiger partial charge in [-0.05, 0) is 0 Å². The summed E-state index contributed by atoms with van der Waals surface area (Å²) in [4.78, 5) is 0. The molecule has 4 aromatic rings. The molecule has 0 radical (unpaired) electrons. The Morgan fingerprint density at radius 3 is 1.59 bits per heavy atom. The van der Waals surface area contributed by atoms with Crippen molar-refractivity contribution in [2.75, 3.05) is 0 Å². The molecule has 2 unspecified atom stereocenters. The molecule has 0 amide bonds. The van der Waals surface area contributed by atoms with E-state index in [9.17, 15) is 0 Å². The van der Waals surface area contributed by atoms with Crippen LogP contribution in [0, 0.1) is 0 Å². The molecule has 0 spiro atoms. The summed E-state index contributed by atoms with van der Waals surface area (Å²) in [5.74, 6) is -1.57. The van der Waals surface area contributed by atoms with Crippen molar-refractivity contribution in [2.24, 2.45) is 0 Å². The molecule has 0 nitrogen and oxygen atoms in total. The fraction of sp³-hybridized carbons (Fsp3) is 0.333. The number of rotatable bonds is 6. The van der Waals surface area contributed by atoms with Crippen LogP contribution in [0.2, 0.25) is 13.1 Å². The van der Waals surface area contributed by atoms with Crippen molar-refractivity contribution in [3.63, 3.8) is 0 Å². The number of benzene rings is 4. The van der Waals surface area contributed by atoms with Gasteiger partial charge < -0.3 is 0 Å². The zero-order chi connectivity index (χ0) is 33.3. The zero-order valence-electron chi connectivity index (χ0n) is 29.0. The van der Waals surface area contributed by atoms with Gasteiger partial charge in [-0.25, -0.2) is 0 Å². The third kappa shape index (κ3) is 5.54. The van der Waals surface area contributed by atoms with Crippen molar-refractivity contribution in [1.82, 2.24) is 0 Å². The summed E-state index contributed by atoms with van der Waals surface area (Å²) in [6, 6.07) is 31.9. The van der Waals surface area contributed by atoms with Crippen LogP contribution in [-0.2, 0) is 26.4 Å². The van der Waals surface area contributed by atoms with Crippen LogP contribution < -0.4 is 0 Å². The average Bonchev–Trinajstić information content (AvgIpc) is 3.63. The van der Waals surface area contributed by atoms with E-state index in [1.54, 1.807) is 0 Å². The van der Waals surface area contributed by atoms with E-state index in [1.165, 1.54) is 61.2 Å². The molecule has 6 rings (SSSR count). The molecule has 0 aliphatic heterocycles. The third-order valence-corrected chi connectivity index (χ3v) is 62.8. The zero-order valence-corrected chi connectivity index (χ0v) is 34.1. The van der Waals surface area contributed by atoms with Gasteiger partial charge in [-0.3, -0.25) is 0 Å². The summed E-state index contributed by atoms with van der Waals surface area (Å²) in [6.07, 6.45) is 8.14. The molecule has 2 aliphatic carbocycles. The van der Waals surface area contributed by atoms with Gasteiger partial charge in [0.1, 0.15) is 0 Å². The number of halogens is 2. The quantitative estimate of drug-likeness (QED) is 0.173. The molecule has 0 N–H and O–H groups in total. The summed E-state index contributed by atoms with van der Waals surface area (Å²) in [6.45, 7) is 20.7. The first-order valence-corrected chi connectivity index (χ1v) is 33.3. The molecule has 0 aromatic heterocycles. The van der Waals surface area contributed by atoms with E-state index in [4.69, 9.17) is 17.0 Å². The molecule has 239 valence electrons. The van der Waals surface area contributed by atoms with Crippen molar-refractivity contribution in [3.8, 4) is 22.3 Å². The van der Waals surface area contributed by atoms with E-state index in [-0.39, 0.29) is 18.1 Å². The van der Waals surface area contributed by atoms with Gasteiger partial charge in [-0.15, -0.1) is 0 Å². The molecule has 2 atom stereocenters. The standard InChI is InChI=1S/C21H23.C19H19.C2H7Si.2ClH.Zr/c1-5-15-13-17-7-6-8-19(20(17)14-15)16-9-11-18(12-10-16)21(2,3)4;1-19(2,3)16-12-10-15(11-13-16)18-9-5-7-14-6-4-8-17(14)18;1-3-2;;;/h6-14H,5H2,1-4H3;4-13H,1-3H3;3H,1-2H3;2*1H;/q;;;;;+2/p-2. The Balaban J connectivity index is 1.46. The number of hydrogen-bond acceptors (Lipinski definition) is 0. The van der Waals surface area contributed by atoms with Crippen molar-refractivity contribution >= 4 is 35.1 Å². The Bertz CT molecular complexity index is 1850. The maximum absolute atomic E-state index is 8.45. The van der Waals surface area contributed by atoms with Gasteiger partial charge in [-0.1, -0.05) is 0 Å². The first kappa shape index (κ1) is 33.9. The predicted octanol–water partition coefficient (Wildman–Crippen LogP) is 13.2. The van der Waals surface area contributed by atoms with Gasteiger partial charge >= 0.3 is 289 Å². The van der Waals surface area contributed by atoms with Gasteiger partial charge in [0.25, 0.3) is 0 Å². The van der Waals surface area contributed by atoms with E-state index in [2.05, 4.69) is 165 Å². The van der Waals surface area contributed by atoms with Crippen LogP contribution in [0.5, 0.6) is 0 Å². The minimum absolute atomic E-state index is 0.0841. The SMILES string of the molecule is CCC1=Cc2c(-c3ccc(C(C)(C)C)cc3)cccc2[CH]1[Zr]([Cl])([Cl])([CH]1C=Cc2c(-c3ccc(C(C)(C)C)cc3)cccc21)[SiH](C)C. The van der Waals surface area contributed by atoms with Crippen molar-refractivity contribution in [3.05, 3.63) is 130 Å². The van der Waals surface area contributed by atoms with Gasteiger partial charge in [0.15, 0.2) is 0 Å². The molecule has 46 heavy (non-hydrogen) atoms. The van der Waals surface area contributed by atoms with Crippen LogP contribution in [0.4, 0.5) is 0 Å². The first-order chi connectivity index (χ1) is 21.5. The Kier molecular flexibility index (Phi) is 8.76. The van der Waals surface area contributed by atoms with Crippen LogP contribution in [0.25, 0.3) is 34.4 Å². The van der Waals surface area contributed by atoms with Gasteiger partial charge in [0.2, 0.25) is 0 Å². The maximum atomic E-state index is 8.45. The van der Waals surface area contributed by atoms with E-state index in [0.717, 1.165) is 6.42 Å². The predicted molar refractivity (Wildman–Crippen MR) is 205 cm³/mol. The van der Waals surface area contributed by atoms with Gasteiger partial charge in [0.05, 0.1) is 0 Å². The number of allylic oxidation sites excluding steroid dienone is 2. The second kappa shape index (κ2) is 11.9. The summed E-state index contributed by atoms with van der Waals surface area (Å²) >= 11 is -4.69. The summed E-state index contributed by atoms with van der Waals surface area (Å²) in [7, 11) is 16.9. The fourth-order valence-corrected chi connectivity index (χ4v) is 37.5.